The van der Waals surface area contributed by atoms with Crippen LogP contribution in [0.2, 0.25) is 0 Å². The van der Waals surface area contributed by atoms with E-state index in [0.717, 1.165) is 35.6 Å². The second-order valence-corrected chi connectivity index (χ2v) is 6.56. The Bertz CT molecular complexity index is 884. The molecule has 0 radical (unpaired) electrons. The summed E-state index contributed by atoms with van der Waals surface area (Å²) in [6.07, 6.45) is 0.866. The van der Waals surface area contributed by atoms with E-state index >= 15 is 0 Å². The molecule has 1 heterocycles. The van der Waals surface area contributed by atoms with Crippen LogP contribution in [0.25, 0.3) is 11.0 Å². The van der Waals surface area contributed by atoms with Crippen LogP contribution in [0.3, 0.4) is 0 Å². The Morgan fingerprint density at radius 3 is 2.62 bits per heavy atom. The summed E-state index contributed by atoms with van der Waals surface area (Å²) in [7, 11) is 1.80. The number of aromatic nitrogens is 2. The first kappa shape index (κ1) is 18.0. The van der Waals surface area contributed by atoms with E-state index in [0.29, 0.717) is 13.2 Å². The number of hydrogen-bond donors (Lipinski definition) is 0. The Balaban J connectivity index is 1.69. The molecule has 136 valence electrons. The normalized spacial score (nSPS) is 10.9. The third-order valence-corrected chi connectivity index (χ3v) is 4.47. The second-order valence-electron chi connectivity index (χ2n) is 6.56. The minimum atomic E-state index is 0.0336. The molecule has 0 saturated carbocycles. The fourth-order valence-electron chi connectivity index (χ4n) is 2.87. The van der Waals surface area contributed by atoms with E-state index in [4.69, 9.17) is 9.72 Å². The number of nitrogens with zero attached hydrogens (tertiary/aromatic N) is 3. The average Bonchev–Trinajstić information content (AvgIpc) is 2.97. The van der Waals surface area contributed by atoms with Crippen LogP contribution >= 0.6 is 0 Å². The van der Waals surface area contributed by atoms with Gasteiger partial charge in [0.25, 0.3) is 0 Å². The van der Waals surface area contributed by atoms with Gasteiger partial charge >= 0.3 is 0 Å². The molecule has 0 bridgehead atoms. The molecule has 0 saturated heterocycles. The van der Waals surface area contributed by atoms with Gasteiger partial charge in [-0.1, -0.05) is 29.8 Å². The summed E-state index contributed by atoms with van der Waals surface area (Å²) < 4.78 is 8.02. The summed E-state index contributed by atoms with van der Waals surface area (Å²) >= 11 is 0. The van der Waals surface area contributed by atoms with Gasteiger partial charge in [-0.15, -0.1) is 0 Å². The fraction of sp³-hybridized carbons (Fsp3) is 0.333. The first-order valence-electron chi connectivity index (χ1n) is 8.90. The van der Waals surface area contributed by atoms with Crippen molar-refractivity contribution >= 4 is 16.9 Å². The topological polar surface area (TPSA) is 47.4 Å². The van der Waals surface area contributed by atoms with Gasteiger partial charge in [-0.2, -0.15) is 0 Å². The van der Waals surface area contributed by atoms with E-state index in [2.05, 4.69) is 29.7 Å². The summed E-state index contributed by atoms with van der Waals surface area (Å²) in [5.41, 5.74) is 3.27. The van der Waals surface area contributed by atoms with Gasteiger partial charge in [-0.25, -0.2) is 4.98 Å². The van der Waals surface area contributed by atoms with E-state index in [1.54, 1.807) is 18.9 Å². The maximum atomic E-state index is 11.6. The third kappa shape index (κ3) is 4.23. The van der Waals surface area contributed by atoms with Crippen LogP contribution < -0.4 is 4.74 Å². The smallest absolute Gasteiger partial charge is 0.219 e. The zero-order valence-electron chi connectivity index (χ0n) is 15.6. The molecule has 2 aromatic carbocycles. The van der Waals surface area contributed by atoms with Crippen molar-refractivity contribution in [1.29, 1.82) is 0 Å². The Morgan fingerprint density at radius 2 is 1.88 bits per heavy atom. The van der Waals surface area contributed by atoms with Crippen LogP contribution in [-0.2, 0) is 17.9 Å². The molecule has 0 fully saturated rings. The van der Waals surface area contributed by atoms with Gasteiger partial charge in [0.2, 0.25) is 5.91 Å². The Kier molecular flexibility index (Phi) is 5.56. The molecular formula is C21H25N3O2. The van der Waals surface area contributed by atoms with Gasteiger partial charge < -0.3 is 14.2 Å². The number of carbonyl (C=O) groups excluding carboxylic acids is 1. The predicted octanol–water partition coefficient (Wildman–Crippen LogP) is 3.79. The van der Waals surface area contributed by atoms with Crippen molar-refractivity contribution < 1.29 is 9.53 Å². The van der Waals surface area contributed by atoms with E-state index in [1.165, 1.54) is 5.56 Å². The molecule has 0 spiro atoms. The molecule has 1 aromatic heterocycles. The summed E-state index contributed by atoms with van der Waals surface area (Å²) in [6, 6.07) is 16.2. The number of amides is 1. The van der Waals surface area contributed by atoms with Crippen molar-refractivity contribution in [1.82, 2.24) is 14.5 Å². The fourth-order valence-corrected chi connectivity index (χ4v) is 2.87. The zero-order valence-corrected chi connectivity index (χ0v) is 15.6. The molecule has 5 nitrogen and oxygen atoms in total. The third-order valence-electron chi connectivity index (χ3n) is 4.47. The Morgan fingerprint density at radius 1 is 1.15 bits per heavy atom. The molecule has 0 aliphatic heterocycles. The maximum Gasteiger partial charge on any atom is 0.219 e. The van der Waals surface area contributed by atoms with Crippen molar-refractivity contribution in [2.24, 2.45) is 0 Å². The number of hydrogen-bond acceptors (Lipinski definition) is 3. The lowest BCUT2D eigenvalue weighted by Gasteiger charge is -2.16. The molecule has 0 atom stereocenters. The number of carbonyl (C=O) groups is 1. The van der Waals surface area contributed by atoms with Crippen LogP contribution in [-0.4, -0.2) is 34.0 Å². The number of aryl methyl sites for hydroxylation is 2. The van der Waals surface area contributed by atoms with Crippen LogP contribution in [0.1, 0.15) is 24.7 Å². The maximum absolute atomic E-state index is 11.6. The molecule has 0 N–H and O–H groups in total. The quantitative estimate of drug-likeness (QED) is 0.609. The van der Waals surface area contributed by atoms with E-state index in [9.17, 15) is 4.79 Å². The van der Waals surface area contributed by atoms with E-state index in [-0.39, 0.29) is 5.91 Å². The molecule has 3 aromatic rings. The van der Waals surface area contributed by atoms with Gasteiger partial charge in [-0.05, 0) is 37.6 Å². The molecular weight excluding hydrogens is 326 g/mol. The molecule has 0 aliphatic carbocycles. The van der Waals surface area contributed by atoms with Crippen LogP contribution in [0.15, 0.2) is 48.5 Å². The molecule has 5 heteroatoms. The highest BCUT2D eigenvalue weighted by atomic mass is 16.5. The minimum Gasteiger partial charge on any atom is -0.494 e. The standard InChI is InChI=1S/C21H25N3O2/c1-16-9-11-18(12-10-16)26-14-6-13-24-20-8-5-4-7-19(20)22-21(24)15-23(3)17(2)25/h4-5,7-12H,6,13-15H2,1-3H3. The lowest BCUT2D eigenvalue weighted by molar-refractivity contribution is -0.128. The number of para-hydroxylation sites is 2. The number of ether oxygens (including phenoxy) is 1. The number of fused-ring (bicyclic) bond motifs is 1. The van der Waals surface area contributed by atoms with E-state index in [1.807, 2.05) is 30.3 Å². The lowest BCUT2D eigenvalue weighted by atomic mass is 10.2. The molecule has 1 amide bonds. The first-order chi connectivity index (χ1) is 12.5. The average molecular weight is 351 g/mol. The number of rotatable bonds is 7. The first-order valence-corrected chi connectivity index (χ1v) is 8.90. The molecule has 3 rings (SSSR count). The zero-order chi connectivity index (χ0) is 18.5. The number of benzene rings is 2. The highest BCUT2D eigenvalue weighted by molar-refractivity contribution is 5.76. The van der Waals surface area contributed by atoms with Crippen molar-refractivity contribution in [2.75, 3.05) is 13.7 Å². The Hall–Kier alpha value is -2.82. The minimum absolute atomic E-state index is 0.0336. The summed E-state index contributed by atoms with van der Waals surface area (Å²) in [6.45, 7) is 5.57. The monoisotopic (exact) mass is 351 g/mol. The lowest BCUT2D eigenvalue weighted by Crippen LogP contribution is -2.25. The van der Waals surface area contributed by atoms with E-state index < -0.39 is 0 Å². The molecule has 0 aliphatic rings. The van der Waals surface area contributed by atoms with Gasteiger partial charge in [0.15, 0.2) is 0 Å². The van der Waals surface area contributed by atoms with Crippen LogP contribution in [0.4, 0.5) is 0 Å². The highest BCUT2D eigenvalue weighted by Gasteiger charge is 2.13. The molecule has 0 unspecified atom stereocenters. The largest absolute Gasteiger partial charge is 0.494 e. The summed E-state index contributed by atoms with van der Waals surface area (Å²) in [4.78, 5) is 18.0. The van der Waals surface area contributed by atoms with Crippen molar-refractivity contribution in [3.63, 3.8) is 0 Å². The van der Waals surface area contributed by atoms with Gasteiger partial charge in [-0.3, -0.25) is 4.79 Å². The molecule has 26 heavy (non-hydrogen) atoms. The Labute approximate surface area is 154 Å². The van der Waals surface area contributed by atoms with Crippen molar-refractivity contribution in [3.8, 4) is 5.75 Å². The highest BCUT2D eigenvalue weighted by Crippen LogP contribution is 2.18. The number of imidazole rings is 1. The van der Waals surface area contributed by atoms with Gasteiger partial charge in [0.1, 0.15) is 11.6 Å². The van der Waals surface area contributed by atoms with Crippen molar-refractivity contribution in [3.05, 3.63) is 59.9 Å². The van der Waals surface area contributed by atoms with Gasteiger partial charge in [0.05, 0.1) is 24.2 Å². The van der Waals surface area contributed by atoms with Crippen molar-refractivity contribution in [2.45, 2.75) is 33.4 Å². The predicted molar refractivity (Wildman–Crippen MR) is 103 cm³/mol. The summed E-state index contributed by atoms with van der Waals surface area (Å²) in [5, 5.41) is 0. The summed E-state index contributed by atoms with van der Waals surface area (Å²) in [5.74, 6) is 1.83. The van der Waals surface area contributed by atoms with Gasteiger partial charge in [0, 0.05) is 20.5 Å². The van der Waals surface area contributed by atoms with Crippen LogP contribution in [0.5, 0.6) is 5.75 Å². The second kappa shape index (κ2) is 8.04. The SMILES string of the molecule is CC(=O)N(C)Cc1nc2ccccc2n1CCCOc1ccc(C)cc1. The van der Waals surface area contributed by atoms with Crippen LogP contribution in [0, 0.1) is 6.92 Å².